The number of rotatable bonds is 6. The minimum Gasteiger partial charge on any atom is -0.463 e. The second kappa shape index (κ2) is 7.15. The smallest absolute Gasteiger partial charge is 0.257 e. The number of carbonyl (C=O) groups is 1. The number of likely N-dealkylation sites (N-methyl/N-ethyl adjacent to an activating group) is 1. The molecule has 0 spiro atoms. The molecule has 0 radical (unpaired) electrons. The lowest BCUT2D eigenvalue weighted by atomic mass is 10.1. The lowest BCUT2D eigenvalue weighted by molar-refractivity contribution is 0.0513. The Balaban J connectivity index is 1.80. The van der Waals surface area contributed by atoms with Crippen molar-refractivity contribution in [2.45, 2.75) is 18.9 Å². The molecule has 1 aromatic carbocycles. The SMILES string of the molecule is CN(C)CCN(C[C@H]1CCCO1)C(=O)c1coc2ccccc12. The number of furan rings is 1. The molecule has 2 heterocycles. The average molecular weight is 316 g/mol. The molecule has 0 bridgehead atoms. The fraction of sp³-hybridized carbons (Fsp3) is 0.500. The molecule has 5 nitrogen and oxygen atoms in total. The fourth-order valence-electron chi connectivity index (χ4n) is 2.94. The topological polar surface area (TPSA) is 45.9 Å². The van der Waals surface area contributed by atoms with Gasteiger partial charge in [0, 0.05) is 31.6 Å². The van der Waals surface area contributed by atoms with Crippen LogP contribution in [0, 0.1) is 0 Å². The van der Waals surface area contributed by atoms with E-state index in [2.05, 4.69) is 4.90 Å². The minimum atomic E-state index is 0.0206. The number of benzene rings is 1. The standard InChI is InChI=1S/C18H24N2O3/c1-19(2)9-10-20(12-14-6-5-11-22-14)18(21)16-13-23-17-8-4-3-7-15(16)17/h3-4,7-8,13-14H,5-6,9-12H2,1-2H3/t14-/m1/s1. The van der Waals surface area contributed by atoms with Gasteiger partial charge < -0.3 is 19.0 Å². The molecule has 23 heavy (non-hydrogen) atoms. The van der Waals surface area contributed by atoms with E-state index in [4.69, 9.17) is 9.15 Å². The normalized spacial score (nSPS) is 18.0. The summed E-state index contributed by atoms with van der Waals surface area (Å²) in [7, 11) is 4.03. The number of para-hydroxylation sites is 1. The summed E-state index contributed by atoms with van der Waals surface area (Å²) in [6, 6.07) is 7.66. The average Bonchev–Trinajstić information content (AvgIpc) is 3.20. The minimum absolute atomic E-state index is 0.0206. The predicted octanol–water partition coefficient (Wildman–Crippen LogP) is 2.62. The third kappa shape index (κ3) is 3.74. The fourth-order valence-corrected chi connectivity index (χ4v) is 2.94. The van der Waals surface area contributed by atoms with E-state index in [0.717, 1.165) is 37.0 Å². The molecule has 0 unspecified atom stereocenters. The van der Waals surface area contributed by atoms with Crippen LogP contribution in [-0.4, -0.2) is 62.1 Å². The van der Waals surface area contributed by atoms with E-state index in [9.17, 15) is 4.79 Å². The number of fused-ring (bicyclic) bond motifs is 1. The van der Waals surface area contributed by atoms with E-state index >= 15 is 0 Å². The third-order valence-electron chi connectivity index (χ3n) is 4.26. The van der Waals surface area contributed by atoms with Crippen LogP contribution in [-0.2, 0) is 4.74 Å². The molecule has 2 aromatic rings. The zero-order valence-electron chi connectivity index (χ0n) is 13.8. The second-order valence-electron chi connectivity index (χ2n) is 6.34. The van der Waals surface area contributed by atoms with Gasteiger partial charge in [-0.05, 0) is 33.0 Å². The molecule has 1 amide bonds. The van der Waals surface area contributed by atoms with Crippen LogP contribution >= 0.6 is 0 Å². The van der Waals surface area contributed by atoms with Crippen molar-refractivity contribution in [1.29, 1.82) is 0 Å². The van der Waals surface area contributed by atoms with Crippen molar-refractivity contribution in [3.05, 3.63) is 36.1 Å². The summed E-state index contributed by atoms with van der Waals surface area (Å²) >= 11 is 0. The summed E-state index contributed by atoms with van der Waals surface area (Å²) in [4.78, 5) is 17.0. The highest BCUT2D eigenvalue weighted by atomic mass is 16.5. The molecule has 5 heteroatoms. The highest BCUT2D eigenvalue weighted by Gasteiger charge is 2.25. The van der Waals surface area contributed by atoms with Gasteiger partial charge >= 0.3 is 0 Å². The maximum atomic E-state index is 13.0. The molecule has 1 saturated heterocycles. The van der Waals surface area contributed by atoms with Crippen LogP contribution in [0.2, 0.25) is 0 Å². The molecule has 1 atom stereocenters. The maximum Gasteiger partial charge on any atom is 0.257 e. The first kappa shape index (κ1) is 16.0. The van der Waals surface area contributed by atoms with Gasteiger partial charge in [-0.3, -0.25) is 4.79 Å². The Morgan fingerprint density at radius 3 is 2.83 bits per heavy atom. The number of ether oxygens (including phenoxy) is 1. The predicted molar refractivity (Wildman–Crippen MR) is 89.6 cm³/mol. The van der Waals surface area contributed by atoms with Crippen LogP contribution < -0.4 is 0 Å². The van der Waals surface area contributed by atoms with E-state index in [0.29, 0.717) is 18.7 Å². The van der Waals surface area contributed by atoms with Gasteiger partial charge in [0.2, 0.25) is 0 Å². The van der Waals surface area contributed by atoms with Crippen molar-refractivity contribution in [3.63, 3.8) is 0 Å². The van der Waals surface area contributed by atoms with Gasteiger partial charge in [0.25, 0.3) is 5.91 Å². The highest BCUT2D eigenvalue weighted by Crippen LogP contribution is 2.23. The summed E-state index contributed by atoms with van der Waals surface area (Å²) in [6.45, 7) is 2.96. The van der Waals surface area contributed by atoms with Crippen LogP contribution in [0.15, 0.2) is 34.9 Å². The van der Waals surface area contributed by atoms with E-state index in [1.165, 1.54) is 0 Å². The highest BCUT2D eigenvalue weighted by molar-refractivity contribution is 6.05. The number of hydrogen-bond donors (Lipinski definition) is 0. The van der Waals surface area contributed by atoms with Crippen molar-refractivity contribution in [2.75, 3.05) is 40.3 Å². The molecule has 3 rings (SSSR count). The Labute approximate surface area is 136 Å². The quantitative estimate of drug-likeness (QED) is 0.822. The molecule has 0 N–H and O–H groups in total. The molecule has 1 aromatic heterocycles. The van der Waals surface area contributed by atoms with Gasteiger partial charge in [0.05, 0.1) is 11.7 Å². The first-order valence-electron chi connectivity index (χ1n) is 8.17. The molecule has 1 aliphatic rings. The van der Waals surface area contributed by atoms with E-state index in [1.807, 2.05) is 43.3 Å². The first-order chi connectivity index (χ1) is 11.1. The third-order valence-corrected chi connectivity index (χ3v) is 4.26. The van der Waals surface area contributed by atoms with E-state index in [-0.39, 0.29) is 12.0 Å². The van der Waals surface area contributed by atoms with Gasteiger partial charge in [-0.15, -0.1) is 0 Å². The van der Waals surface area contributed by atoms with Gasteiger partial charge in [0.15, 0.2) is 0 Å². The van der Waals surface area contributed by atoms with Gasteiger partial charge in [-0.25, -0.2) is 0 Å². The Kier molecular flexibility index (Phi) is 4.98. The van der Waals surface area contributed by atoms with Crippen molar-refractivity contribution >= 4 is 16.9 Å². The Morgan fingerprint density at radius 2 is 2.09 bits per heavy atom. The summed E-state index contributed by atoms with van der Waals surface area (Å²) in [5.74, 6) is 0.0206. The molecule has 0 saturated carbocycles. The second-order valence-corrected chi connectivity index (χ2v) is 6.34. The lowest BCUT2D eigenvalue weighted by Crippen LogP contribution is -2.41. The Morgan fingerprint density at radius 1 is 1.26 bits per heavy atom. The van der Waals surface area contributed by atoms with Crippen molar-refractivity contribution in [3.8, 4) is 0 Å². The number of nitrogens with zero attached hydrogens (tertiary/aromatic N) is 2. The Hall–Kier alpha value is -1.85. The van der Waals surface area contributed by atoms with E-state index < -0.39 is 0 Å². The van der Waals surface area contributed by atoms with Crippen LogP contribution in [0.5, 0.6) is 0 Å². The van der Waals surface area contributed by atoms with Gasteiger partial charge in [-0.1, -0.05) is 18.2 Å². The zero-order chi connectivity index (χ0) is 16.2. The van der Waals surface area contributed by atoms with Crippen molar-refractivity contribution in [1.82, 2.24) is 9.80 Å². The van der Waals surface area contributed by atoms with Crippen LogP contribution in [0.1, 0.15) is 23.2 Å². The molecule has 1 aliphatic heterocycles. The number of hydrogen-bond acceptors (Lipinski definition) is 4. The van der Waals surface area contributed by atoms with E-state index in [1.54, 1.807) is 6.26 Å². The molecular formula is C18H24N2O3. The summed E-state index contributed by atoms with van der Waals surface area (Å²) in [6.07, 6.45) is 3.83. The maximum absolute atomic E-state index is 13.0. The van der Waals surface area contributed by atoms with Crippen molar-refractivity contribution < 1.29 is 13.9 Å². The molecule has 0 aliphatic carbocycles. The van der Waals surface area contributed by atoms with Crippen LogP contribution in [0.25, 0.3) is 11.0 Å². The molecule has 1 fully saturated rings. The van der Waals surface area contributed by atoms with Crippen LogP contribution in [0.3, 0.4) is 0 Å². The lowest BCUT2D eigenvalue weighted by Gasteiger charge is -2.26. The van der Waals surface area contributed by atoms with Gasteiger partial charge in [-0.2, -0.15) is 0 Å². The first-order valence-corrected chi connectivity index (χ1v) is 8.17. The number of amides is 1. The summed E-state index contributed by atoms with van der Waals surface area (Å²) in [5, 5.41) is 0.875. The summed E-state index contributed by atoms with van der Waals surface area (Å²) < 4.78 is 11.2. The number of carbonyl (C=O) groups excluding carboxylic acids is 1. The molecule has 124 valence electrons. The van der Waals surface area contributed by atoms with Crippen LogP contribution in [0.4, 0.5) is 0 Å². The Bertz CT molecular complexity index is 659. The molecular weight excluding hydrogens is 292 g/mol. The monoisotopic (exact) mass is 316 g/mol. The van der Waals surface area contributed by atoms with Gasteiger partial charge in [0.1, 0.15) is 11.8 Å². The summed E-state index contributed by atoms with van der Waals surface area (Å²) in [5.41, 5.74) is 1.39. The van der Waals surface area contributed by atoms with Crippen molar-refractivity contribution in [2.24, 2.45) is 0 Å². The largest absolute Gasteiger partial charge is 0.463 e. The zero-order valence-corrected chi connectivity index (χ0v) is 13.8.